The molecule has 0 aliphatic heterocycles. The smallest absolute Gasteiger partial charge is 0.326 e. The molecule has 0 saturated carbocycles. The van der Waals surface area contributed by atoms with E-state index in [1.807, 2.05) is 24.3 Å². The van der Waals surface area contributed by atoms with Crippen molar-refractivity contribution in [2.24, 2.45) is 23.3 Å². The van der Waals surface area contributed by atoms with Gasteiger partial charge in [-0.2, -0.15) is 0 Å². The lowest BCUT2D eigenvalue weighted by Crippen LogP contribution is -2.59. The summed E-state index contributed by atoms with van der Waals surface area (Å²) < 4.78 is 0. The Balaban J connectivity index is 2.11. The average molecular weight is 531 g/mol. The van der Waals surface area contributed by atoms with Crippen molar-refractivity contribution < 1.29 is 29.1 Å². The summed E-state index contributed by atoms with van der Waals surface area (Å²) in [6.45, 7) is 6.98. The third-order valence-corrected chi connectivity index (χ3v) is 6.06. The number of nitrogens with one attached hydrogen (secondary N) is 4. The van der Waals surface area contributed by atoms with Gasteiger partial charge in [0, 0.05) is 17.1 Å². The molecule has 0 saturated heterocycles. The number of para-hydroxylation sites is 1. The van der Waals surface area contributed by atoms with Gasteiger partial charge in [0.2, 0.25) is 23.6 Å². The first-order chi connectivity index (χ1) is 17.8. The van der Waals surface area contributed by atoms with E-state index in [0.717, 1.165) is 16.5 Å². The van der Waals surface area contributed by atoms with Gasteiger partial charge in [0.1, 0.15) is 18.1 Å². The van der Waals surface area contributed by atoms with Gasteiger partial charge < -0.3 is 37.5 Å². The second kappa shape index (κ2) is 13.6. The monoisotopic (exact) mass is 530 g/mol. The Hall–Kier alpha value is -3.93. The Kier molecular flexibility index (Phi) is 10.8. The third-order valence-electron chi connectivity index (χ3n) is 6.06. The molecule has 0 fully saturated rings. The van der Waals surface area contributed by atoms with Gasteiger partial charge in [0.05, 0.1) is 12.5 Å². The molecule has 12 heteroatoms. The van der Waals surface area contributed by atoms with Crippen LogP contribution in [-0.2, 0) is 30.4 Å². The van der Waals surface area contributed by atoms with Crippen LogP contribution in [-0.4, -0.2) is 63.9 Å². The molecule has 38 heavy (non-hydrogen) atoms. The molecule has 1 heterocycles. The highest BCUT2D eigenvalue weighted by Crippen LogP contribution is 2.19. The number of aliphatic carboxylic acids is 1. The van der Waals surface area contributed by atoms with Crippen molar-refractivity contribution in [2.45, 2.75) is 71.1 Å². The number of carboxylic acid groups (broad SMARTS) is 1. The van der Waals surface area contributed by atoms with Crippen LogP contribution in [0.5, 0.6) is 0 Å². The molecule has 2 aromatic rings. The number of carboxylic acids is 1. The van der Waals surface area contributed by atoms with Crippen LogP contribution in [0.1, 0.15) is 46.1 Å². The molecule has 1 aromatic carbocycles. The molecule has 0 radical (unpaired) electrons. The van der Waals surface area contributed by atoms with E-state index >= 15 is 0 Å². The Bertz CT molecular complexity index is 1160. The normalized spacial score (nSPS) is 14.5. The quantitative estimate of drug-likeness (QED) is 0.180. The SMILES string of the molecule is CC(C)CC(NC(=O)C(CC(N)=O)NC(=O)C(NC(=O)C(N)Cc1c[nH]c2ccccc12)C(C)C)C(=O)O. The molecule has 12 nitrogen and oxygen atoms in total. The molecule has 4 amide bonds. The first kappa shape index (κ1) is 30.3. The lowest BCUT2D eigenvalue weighted by atomic mass is 10.00. The van der Waals surface area contributed by atoms with Crippen molar-refractivity contribution in [1.29, 1.82) is 0 Å². The number of carbonyl (C=O) groups is 5. The number of primary amides is 1. The van der Waals surface area contributed by atoms with Crippen molar-refractivity contribution >= 4 is 40.5 Å². The second-order valence-corrected chi connectivity index (χ2v) is 10.2. The number of H-pyrrole nitrogens is 1. The van der Waals surface area contributed by atoms with Crippen molar-refractivity contribution in [3.8, 4) is 0 Å². The van der Waals surface area contributed by atoms with Crippen LogP contribution in [0.15, 0.2) is 30.5 Å². The summed E-state index contributed by atoms with van der Waals surface area (Å²) in [6.07, 6.45) is 1.60. The number of hydrogen-bond acceptors (Lipinski definition) is 6. The van der Waals surface area contributed by atoms with E-state index in [1.165, 1.54) is 0 Å². The fourth-order valence-electron chi connectivity index (χ4n) is 4.06. The lowest BCUT2D eigenvalue weighted by molar-refractivity contribution is -0.143. The zero-order valence-corrected chi connectivity index (χ0v) is 22.1. The first-order valence-corrected chi connectivity index (χ1v) is 12.5. The van der Waals surface area contributed by atoms with Gasteiger partial charge >= 0.3 is 5.97 Å². The van der Waals surface area contributed by atoms with E-state index in [-0.39, 0.29) is 18.8 Å². The zero-order chi connectivity index (χ0) is 28.6. The molecule has 208 valence electrons. The minimum absolute atomic E-state index is 0.0328. The highest BCUT2D eigenvalue weighted by atomic mass is 16.4. The Labute approximate surface area is 221 Å². The van der Waals surface area contributed by atoms with Crippen LogP contribution in [0.3, 0.4) is 0 Å². The predicted molar refractivity (Wildman–Crippen MR) is 142 cm³/mol. The van der Waals surface area contributed by atoms with Gasteiger partial charge in [-0.25, -0.2) is 4.79 Å². The van der Waals surface area contributed by atoms with Gasteiger partial charge in [-0.3, -0.25) is 19.2 Å². The van der Waals surface area contributed by atoms with E-state index in [2.05, 4.69) is 20.9 Å². The number of nitrogens with two attached hydrogens (primary N) is 2. The second-order valence-electron chi connectivity index (χ2n) is 10.2. The molecular weight excluding hydrogens is 492 g/mol. The fraction of sp³-hybridized carbons (Fsp3) is 0.500. The van der Waals surface area contributed by atoms with Crippen LogP contribution in [0.2, 0.25) is 0 Å². The molecule has 0 aliphatic carbocycles. The molecule has 0 aliphatic rings. The summed E-state index contributed by atoms with van der Waals surface area (Å²) in [6, 6.07) is 2.92. The maximum atomic E-state index is 13.1. The topological polar surface area (TPSA) is 209 Å². The molecule has 0 bridgehead atoms. The summed E-state index contributed by atoms with van der Waals surface area (Å²) in [4.78, 5) is 65.1. The standard InChI is InChI=1S/C26H38N6O6/c1-13(2)9-20(26(37)38)31-24(35)19(11-21(28)33)30-25(36)22(14(3)4)32-23(34)17(27)10-15-12-29-18-8-6-5-7-16(15)18/h5-8,12-14,17,19-20,22,29H,9-11,27H2,1-4H3,(H2,28,33)(H,30,36)(H,31,35)(H,32,34)(H,37,38). The minimum atomic E-state index is -1.42. The van der Waals surface area contributed by atoms with Gasteiger partial charge in [-0.1, -0.05) is 45.9 Å². The van der Waals surface area contributed by atoms with Crippen molar-refractivity contribution in [3.63, 3.8) is 0 Å². The van der Waals surface area contributed by atoms with E-state index in [0.29, 0.717) is 0 Å². The minimum Gasteiger partial charge on any atom is -0.480 e. The Morgan fingerprint density at radius 3 is 2.13 bits per heavy atom. The number of hydrogen-bond donors (Lipinski definition) is 7. The van der Waals surface area contributed by atoms with Gasteiger partial charge in [0.15, 0.2) is 0 Å². The maximum Gasteiger partial charge on any atom is 0.326 e. The van der Waals surface area contributed by atoms with Crippen molar-refractivity contribution in [1.82, 2.24) is 20.9 Å². The first-order valence-electron chi connectivity index (χ1n) is 12.5. The van der Waals surface area contributed by atoms with Crippen LogP contribution < -0.4 is 27.4 Å². The van der Waals surface area contributed by atoms with Crippen molar-refractivity contribution in [3.05, 3.63) is 36.0 Å². The number of rotatable bonds is 14. The summed E-state index contributed by atoms with van der Waals surface area (Å²) in [5, 5.41) is 17.8. The van der Waals surface area contributed by atoms with Crippen LogP contribution >= 0.6 is 0 Å². The summed E-state index contributed by atoms with van der Waals surface area (Å²) in [7, 11) is 0. The molecule has 2 rings (SSSR count). The fourth-order valence-corrected chi connectivity index (χ4v) is 4.06. The maximum absolute atomic E-state index is 13.1. The molecular formula is C26H38N6O6. The van der Waals surface area contributed by atoms with Gasteiger partial charge in [-0.05, 0) is 36.3 Å². The average Bonchev–Trinajstić information content (AvgIpc) is 3.23. The van der Waals surface area contributed by atoms with Gasteiger partial charge in [-0.15, -0.1) is 0 Å². The Morgan fingerprint density at radius 1 is 0.921 bits per heavy atom. The molecule has 4 atom stereocenters. The molecule has 4 unspecified atom stereocenters. The van der Waals surface area contributed by atoms with E-state index in [4.69, 9.17) is 11.5 Å². The molecule has 1 aromatic heterocycles. The highest BCUT2D eigenvalue weighted by Gasteiger charge is 2.32. The number of aromatic amines is 1. The van der Waals surface area contributed by atoms with E-state index < -0.39 is 66.1 Å². The highest BCUT2D eigenvalue weighted by molar-refractivity contribution is 5.96. The van der Waals surface area contributed by atoms with E-state index in [9.17, 15) is 29.1 Å². The van der Waals surface area contributed by atoms with E-state index in [1.54, 1.807) is 33.9 Å². The largest absolute Gasteiger partial charge is 0.480 e. The van der Waals surface area contributed by atoms with Crippen molar-refractivity contribution in [2.75, 3.05) is 0 Å². The number of benzene rings is 1. The lowest BCUT2D eigenvalue weighted by Gasteiger charge is -2.26. The summed E-state index contributed by atoms with van der Waals surface area (Å²) in [5.74, 6) is -4.71. The number of carbonyl (C=O) groups excluding carboxylic acids is 4. The molecule has 9 N–H and O–H groups in total. The van der Waals surface area contributed by atoms with Crippen LogP contribution in [0.25, 0.3) is 10.9 Å². The van der Waals surface area contributed by atoms with Crippen LogP contribution in [0, 0.1) is 11.8 Å². The summed E-state index contributed by atoms with van der Waals surface area (Å²) in [5.41, 5.74) is 13.2. The Morgan fingerprint density at radius 2 is 1.55 bits per heavy atom. The zero-order valence-electron chi connectivity index (χ0n) is 22.1. The number of fused-ring (bicyclic) bond motifs is 1. The summed E-state index contributed by atoms with van der Waals surface area (Å²) >= 11 is 0. The predicted octanol–water partition coefficient (Wildman–Crippen LogP) is 0.154. The number of amides is 4. The number of aromatic nitrogens is 1. The molecule has 0 spiro atoms. The van der Waals surface area contributed by atoms with Crippen LogP contribution in [0.4, 0.5) is 0 Å². The third kappa shape index (κ3) is 8.58. The van der Waals surface area contributed by atoms with Gasteiger partial charge in [0.25, 0.3) is 0 Å².